The van der Waals surface area contributed by atoms with Crippen molar-refractivity contribution in [2.45, 2.75) is 207 Å². The zero-order valence-corrected chi connectivity index (χ0v) is 29.9. The van der Waals surface area contributed by atoms with E-state index in [2.05, 4.69) is 31.2 Å². The summed E-state index contributed by atoms with van der Waals surface area (Å²) in [5.74, 6) is 0. The van der Waals surface area contributed by atoms with Crippen LogP contribution in [0.25, 0.3) is 0 Å². The van der Waals surface area contributed by atoms with Crippen LogP contribution in [-0.2, 0) is 9.47 Å². The molecule has 4 rings (SSSR count). The zero-order chi connectivity index (χ0) is 31.3. The third-order valence-corrected chi connectivity index (χ3v) is 9.74. The van der Waals surface area contributed by atoms with Gasteiger partial charge < -0.3 is 9.47 Å². The van der Waals surface area contributed by atoms with Gasteiger partial charge in [-0.05, 0) is 152 Å². The van der Waals surface area contributed by atoms with Crippen molar-refractivity contribution in [3.63, 3.8) is 0 Å². The highest BCUT2D eigenvalue weighted by molar-refractivity contribution is 5.32. The van der Waals surface area contributed by atoms with E-state index in [9.17, 15) is 0 Å². The van der Waals surface area contributed by atoms with Gasteiger partial charge in [0.15, 0.2) is 6.29 Å². The summed E-state index contributed by atoms with van der Waals surface area (Å²) < 4.78 is 11.0. The van der Waals surface area contributed by atoms with Gasteiger partial charge in [0, 0.05) is 13.2 Å². The molecule has 0 aromatic rings. The Morgan fingerprint density at radius 2 is 0.773 bits per heavy atom. The second-order valence-electron chi connectivity index (χ2n) is 13.6. The summed E-state index contributed by atoms with van der Waals surface area (Å²) in [5, 5.41) is 0. The molecule has 4 aliphatic carbocycles. The molecule has 2 heteroatoms. The molecule has 0 aromatic carbocycles. The molecule has 4 aliphatic rings. The van der Waals surface area contributed by atoms with Gasteiger partial charge in [-0.3, -0.25) is 0 Å². The monoisotopic (exact) mass is 611 g/mol. The van der Waals surface area contributed by atoms with Gasteiger partial charge in [0.25, 0.3) is 0 Å². The van der Waals surface area contributed by atoms with Crippen molar-refractivity contribution in [2.75, 3.05) is 13.2 Å². The Kier molecular flexibility index (Phi) is 25.0. The van der Waals surface area contributed by atoms with Gasteiger partial charge in [0.1, 0.15) is 0 Å². The van der Waals surface area contributed by atoms with Crippen LogP contribution in [0.4, 0.5) is 0 Å². The van der Waals surface area contributed by atoms with Gasteiger partial charge in [-0.15, -0.1) is 0 Å². The van der Waals surface area contributed by atoms with Crippen molar-refractivity contribution in [3.8, 4) is 0 Å². The van der Waals surface area contributed by atoms with Gasteiger partial charge in [-0.25, -0.2) is 0 Å². The number of allylic oxidation sites excluding steroid dienone is 8. The number of ether oxygens (including phenoxy) is 2. The number of unbranched alkanes of at least 4 members (excludes halogenated alkanes) is 6. The van der Waals surface area contributed by atoms with Crippen molar-refractivity contribution in [3.05, 3.63) is 46.6 Å². The highest BCUT2D eigenvalue weighted by atomic mass is 16.7. The van der Waals surface area contributed by atoms with Crippen LogP contribution in [0.3, 0.4) is 0 Å². The molecule has 44 heavy (non-hydrogen) atoms. The van der Waals surface area contributed by atoms with Crippen molar-refractivity contribution in [1.29, 1.82) is 0 Å². The van der Waals surface area contributed by atoms with Crippen LogP contribution >= 0.6 is 0 Å². The van der Waals surface area contributed by atoms with E-state index in [1.165, 1.54) is 173 Å². The van der Waals surface area contributed by atoms with E-state index in [1.54, 1.807) is 22.3 Å². The van der Waals surface area contributed by atoms with Crippen LogP contribution in [0.1, 0.15) is 201 Å². The fourth-order valence-corrected chi connectivity index (χ4v) is 7.08. The van der Waals surface area contributed by atoms with Crippen molar-refractivity contribution < 1.29 is 9.47 Å². The molecule has 0 unspecified atom stereocenters. The number of hydrogen-bond donors (Lipinski definition) is 0. The fraction of sp³-hybridized carbons (Fsp3) is 0.810. The average molecular weight is 611 g/mol. The third-order valence-electron chi connectivity index (χ3n) is 9.74. The summed E-state index contributed by atoms with van der Waals surface area (Å²) in [6.07, 6.45) is 48.4. The van der Waals surface area contributed by atoms with Gasteiger partial charge in [-0.1, -0.05) is 95.4 Å². The molecule has 0 fully saturated rings. The SMILES string of the molecule is C1=C(C2=CCCCCC2)CCCCC1.C1=C(C2=CCCCCC2)CCCCC1.CCCCCCCCCC(OCC)OCC. The molecule has 0 saturated heterocycles. The number of rotatable bonds is 14. The molecule has 0 aromatic heterocycles. The Labute approximate surface area is 275 Å². The van der Waals surface area contributed by atoms with Crippen molar-refractivity contribution in [2.24, 2.45) is 0 Å². The van der Waals surface area contributed by atoms with Crippen LogP contribution in [0.2, 0.25) is 0 Å². The minimum absolute atomic E-state index is 0.0330. The molecule has 0 heterocycles. The lowest BCUT2D eigenvalue weighted by atomic mass is 9.97. The van der Waals surface area contributed by atoms with Crippen LogP contribution in [0, 0.1) is 0 Å². The predicted molar refractivity (Wildman–Crippen MR) is 194 cm³/mol. The molecule has 254 valence electrons. The van der Waals surface area contributed by atoms with Crippen molar-refractivity contribution in [1.82, 2.24) is 0 Å². The zero-order valence-electron chi connectivity index (χ0n) is 29.9. The van der Waals surface area contributed by atoms with Crippen LogP contribution in [0.15, 0.2) is 46.6 Å². The van der Waals surface area contributed by atoms with Gasteiger partial charge in [-0.2, -0.15) is 0 Å². The lowest BCUT2D eigenvalue weighted by Crippen LogP contribution is -2.17. The van der Waals surface area contributed by atoms with E-state index >= 15 is 0 Å². The van der Waals surface area contributed by atoms with Gasteiger partial charge >= 0.3 is 0 Å². The molecule has 0 N–H and O–H groups in total. The minimum atomic E-state index is 0.0330. The van der Waals surface area contributed by atoms with Crippen LogP contribution in [0.5, 0.6) is 0 Å². The highest BCUT2D eigenvalue weighted by Crippen LogP contribution is 2.30. The van der Waals surface area contributed by atoms with Crippen LogP contribution in [-0.4, -0.2) is 19.5 Å². The molecular weight excluding hydrogens is 536 g/mol. The Morgan fingerprint density at radius 1 is 0.432 bits per heavy atom. The molecule has 0 bridgehead atoms. The Bertz CT molecular complexity index is 691. The van der Waals surface area contributed by atoms with E-state index in [1.807, 2.05) is 13.8 Å². The normalized spacial score (nSPS) is 19.7. The average Bonchev–Trinajstić information content (AvgIpc) is 3.66. The van der Waals surface area contributed by atoms with E-state index in [0.29, 0.717) is 0 Å². The summed E-state index contributed by atoms with van der Waals surface area (Å²) in [4.78, 5) is 0. The van der Waals surface area contributed by atoms with E-state index in [4.69, 9.17) is 9.47 Å². The molecular formula is C42H74O2. The smallest absolute Gasteiger partial charge is 0.157 e. The third kappa shape index (κ3) is 19.4. The van der Waals surface area contributed by atoms with Crippen molar-refractivity contribution >= 4 is 0 Å². The maximum Gasteiger partial charge on any atom is 0.157 e. The molecule has 0 radical (unpaired) electrons. The molecule has 2 nitrogen and oxygen atoms in total. The first kappa shape index (κ1) is 39.1. The molecule has 0 amide bonds. The molecule has 0 atom stereocenters. The summed E-state index contributed by atoms with van der Waals surface area (Å²) >= 11 is 0. The topological polar surface area (TPSA) is 18.5 Å². The van der Waals surface area contributed by atoms with E-state index < -0.39 is 0 Å². The minimum Gasteiger partial charge on any atom is -0.353 e. The first-order chi connectivity index (χ1) is 21.8. The quantitative estimate of drug-likeness (QED) is 0.144. The molecule has 0 spiro atoms. The number of hydrogen-bond acceptors (Lipinski definition) is 2. The van der Waals surface area contributed by atoms with Gasteiger partial charge in [0.05, 0.1) is 0 Å². The largest absolute Gasteiger partial charge is 0.353 e. The van der Waals surface area contributed by atoms with E-state index in [0.717, 1.165) is 19.6 Å². The first-order valence-electron chi connectivity index (χ1n) is 19.8. The fourth-order valence-electron chi connectivity index (χ4n) is 7.08. The highest BCUT2D eigenvalue weighted by Gasteiger charge is 2.11. The summed E-state index contributed by atoms with van der Waals surface area (Å²) in [7, 11) is 0. The Balaban J connectivity index is 0.000000230. The predicted octanol–water partition coefficient (Wildman–Crippen LogP) is 14.1. The maximum absolute atomic E-state index is 5.51. The Hall–Kier alpha value is -1.12. The summed E-state index contributed by atoms with van der Waals surface area (Å²) in [5.41, 5.74) is 6.79. The lowest BCUT2D eigenvalue weighted by Gasteiger charge is -2.16. The first-order valence-corrected chi connectivity index (χ1v) is 19.8. The van der Waals surface area contributed by atoms with E-state index in [-0.39, 0.29) is 6.29 Å². The summed E-state index contributed by atoms with van der Waals surface area (Å²) in [6, 6.07) is 0. The second kappa shape index (κ2) is 28.1. The maximum atomic E-state index is 5.51. The van der Waals surface area contributed by atoms with Crippen LogP contribution < -0.4 is 0 Å². The molecule has 0 saturated carbocycles. The Morgan fingerprint density at radius 3 is 1.11 bits per heavy atom. The standard InChI is InChI=1S/C14H30O2.2C14H22/c1-4-7-8-9-10-11-12-13-14(15-5-2)16-6-3;2*1-2-6-10-13(9-5-1)14-11-7-3-4-8-12-14/h14H,4-13H2,1-3H3;2*9,11H,1-8,10,12H2. The lowest BCUT2D eigenvalue weighted by molar-refractivity contribution is -0.140. The summed E-state index contributed by atoms with van der Waals surface area (Å²) in [6.45, 7) is 7.81. The second-order valence-corrected chi connectivity index (χ2v) is 13.6. The van der Waals surface area contributed by atoms with Gasteiger partial charge in [0.2, 0.25) is 0 Å². The molecule has 0 aliphatic heterocycles.